The Morgan fingerprint density at radius 3 is 1.51 bits per heavy atom. The molecular formula is C51H28O4S2. The lowest BCUT2D eigenvalue weighted by atomic mass is 10.00. The highest BCUT2D eigenvalue weighted by molar-refractivity contribution is 7.25. The number of fused-ring (bicyclic) bond motifs is 10. The summed E-state index contributed by atoms with van der Waals surface area (Å²) in [6.07, 6.45) is 7.15. The molecule has 7 aromatic carbocycles. The SMILES string of the molecule is O=c1c2cc(C3=Cc4oc5ccccc5c4CC=C3)ccc2sc2ccc(-c3ccc4sc5ccc(-c6ccc7c(c6)oc6ccccc67)cc5c(=O)c4c3)cc12. The van der Waals surface area contributed by atoms with Crippen LogP contribution >= 0.6 is 22.7 Å². The summed E-state index contributed by atoms with van der Waals surface area (Å²) >= 11 is 3.23. The summed E-state index contributed by atoms with van der Waals surface area (Å²) in [5, 5.41) is 6.01. The first-order valence-electron chi connectivity index (χ1n) is 18.8. The lowest BCUT2D eigenvalue weighted by molar-refractivity contribution is 0.600. The van der Waals surface area contributed by atoms with E-state index in [0.717, 1.165) is 97.3 Å². The molecule has 268 valence electrons. The summed E-state index contributed by atoms with van der Waals surface area (Å²) < 4.78 is 16.1. The van der Waals surface area contributed by atoms with Gasteiger partial charge in [-0.25, -0.2) is 0 Å². The molecule has 12 rings (SSSR count). The number of furan rings is 2. The van der Waals surface area contributed by atoms with Crippen LogP contribution in [0.1, 0.15) is 16.9 Å². The molecule has 57 heavy (non-hydrogen) atoms. The van der Waals surface area contributed by atoms with Crippen molar-refractivity contribution >= 4 is 108 Å². The van der Waals surface area contributed by atoms with E-state index < -0.39 is 0 Å². The fraction of sp³-hybridized carbons (Fsp3) is 0.0196. The molecule has 0 unspecified atom stereocenters. The minimum Gasteiger partial charge on any atom is -0.456 e. The molecule has 0 amide bonds. The van der Waals surface area contributed by atoms with Crippen LogP contribution in [0, 0.1) is 0 Å². The molecule has 6 heteroatoms. The van der Waals surface area contributed by atoms with E-state index >= 15 is 0 Å². The van der Waals surface area contributed by atoms with E-state index in [4.69, 9.17) is 8.83 Å². The molecule has 1 aliphatic carbocycles. The van der Waals surface area contributed by atoms with Gasteiger partial charge in [-0.05, 0) is 119 Å². The van der Waals surface area contributed by atoms with Crippen LogP contribution in [-0.2, 0) is 6.42 Å². The molecule has 0 saturated carbocycles. The fourth-order valence-corrected chi connectivity index (χ4v) is 10.5. The van der Waals surface area contributed by atoms with E-state index in [0.29, 0.717) is 21.5 Å². The third kappa shape index (κ3) is 5.11. The van der Waals surface area contributed by atoms with Gasteiger partial charge in [0.25, 0.3) is 0 Å². The number of benzene rings is 7. The zero-order valence-electron chi connectivity index (χ0n) is 30.2. The van der Waals surface area contributed by atoms with Crippen molar-refractivity contribution in [1.82, 2.24) is 0 Å². The highest BCUT2D eigenvalue weighted by Crippen LogP contribution is 2.37. The van der Waals surface area contributed by atoms with Gasteiger partial charge < -0.3 is 8.83 Å². The number of para-hydroxylation sites is 2. The molecule has 0 spiro atoms. The van der Waals surface area contributed by atoms with Gasteiger partial charge in [0.1, 0.15) is 22.5 Å². The van der Waals surface area contributed by atoms with Gasteiger partial charge in [-0.3, -0.25) is 9.59 Å². The highest BCUT2D eigenvalue weighted by atomic mass is 32.1. The molecule has 0 N–H and O–H groups in total. The Morgan fingerprint density at radius 1 is 0.421 bits per heavy atom. The first kappa shape index (κ1) is 32.4. The normalized spacial score (nSPS) is 13.0. The predicted octanol–water partition coefficient (Wildman–Crippen LogP) is 13.8. The molecule has 4 heterocycles. The van der Waals surface area contributed by atoms with Gasteiger partial charge in [0, 0.05) is 62.1 Å². The van der Waals surface area contributed by atoms with Crippen LogP contribution in [0.5, 0.6) is 0 Å². The largest absolute Gasteiger partial charge is 0.456 e. The van der Waals surface area contributed by atoms with Crippen molar-refractivity contribution in [2.45, 2.75) is 6.42 Å². The zero-order chi connectivity index (χ0) is 37.8. The second-order valence-corrected chi connectivity index (χ2v) is 16.8. The molecular weight excluding hydrogens is 741 g/mol. The maximum atomic E-state index is 14.3. The number of hydrogen-bond acceptors (Lipinski definition) is 6. The summed E-state index contributed by atoms with van der Waals surface area (Å²) in [5.41, 5.74) is 9.46. The molecule has 0 bridgehead atoms. The Balaban J connectivity index is 0.931. The summed E-state index contributed by atoms with van der Waals surface area (Å²) in [7, 11) is 0. The van der Waals surface area contributed by atoms with Crippen molar-refractivity contribution < 1.29 is 8.83 Å². The summed E-state index contributed by atoms with van der Waals surface area (Å²) in [6, 6.07) is 46.8. The van der Waals surface area contributed by atoms with Crippen LogP contribution in [0.15, 0.2) is 170 Å². The third-order valence-electron chi connectivity index (χ3n) is 11.4. The van der Waals surface area contributed by atoms with Gasteiger partial charge in [-0.1, -0.05) is 78.9 Å². The molecule has 4 nitrogen and oxygen atoms in total. The van der Waals surface area contributed by atoms with E-state index in [1.54, 1.807) is 22.7 Å². The molecule has 0 aliphatic heterocycles. The summed E-state index contributed by atoms with van der Waals surface area (Å²) in [6.45, 7) is 0. The van der Waals surface area contributed by atoms with E-state index in [9.17, 15) is 9.59 Å². The minimum atomic E-state index is -0.00468. The molecule has 4 aromatic heterocycles. The van der Waals surface area contributed by atoms with E-state index in [1.807, 2.05) is 91.0 Å². The monoisotopic (exact) mass is 768 g/mol. The Kier molecular flexibility index (Phi) is 7.00. The van der Waals surface area contributed by atoms with Crippen LogP contribution in [0.2, 0.25) is 0 Å². The Labute approximate surface area is 332 Å². The van der Waals surface area contributed by atoms with Gasteiger partial charge in [0.2, 0.25) is 0 Å². The number of hydrogen-bond donors (Lipinski definition) is 0. The van der Waals surface area contributed by atoms with Crippen molar-refractivity contribution in [3.05, 3.63) is 189 Å². The second kappa shape index (κ2) is 12.3. The standard InChI is InChI=1S/C51H28O4S2/c52-50-38-22-29(28-6-5-9-36-34-7-1-3-10-42(34)54-44(36)26-28)13-18-46(38)56-47-19-14-30(23-39(47)50)31-15-20-48-40(24-31)51(53)41-25-32(16-21-49(41)57-48)33-12-17-37-35-8-2-4-11-43(35)55-45(37)27-33/h1-8,10-27H,9H2. The van der Waals surface area contributed by atoms with Gasteiger partial charge in [0.05, 0.1) is 0 Å². The van der Waals surface area contributed by atoms with Crippen molar-refractivity contribution in [2.24, 2.45) is 0 Å². The maximum Gasteiger partial charge on any atom is 0.195 e. The Morgan fingerprint density at radius 2 is 0.895 bits per heavy atom. The van der Waals surface area contributed by atoms with Crippen molar-refractivity contribution in [3.63, 3.8) is 0 Å². The van der Waals surface area contributed by atoms with Crippen LogP contribution in [0.25, 0.3) is 107 Å². The van der Waals surface area contributed by atoms with Gasteiger partial charge >= 0.3 is 0 Å². The van der Waals surface area contributed by atoms with E-state index in [-0.39, 0.29) is 10.9 Å². The Hall–Kier alpha value is -6.86. The van der Waals surface area contributed by atoms with E-state index in [1.165, 1.54) is 5.56 Å². The van der Waals surface area contributed by atoms with Crippen LogP contribution < -0.4 is 10.9 Å². The van der Waals surface area contributed by atoms with Crippen LogP contribution in [0.3, 0.4) is 0 Å². The number of allylic oxidation sites excluding steroid dienone is 3. The number of rotatable bonds is 3. The lowest BCUT2D eigenvalue weighted by Crippen LogP contribution is -2.02. The van der Waals surface area contributed by atoms with Gasteiger partial charge in [-0.15, -0.1) is 22.7 Å². The Bertz CT molecular complexity index is 3720. The molecule has 0 fully saturated rings. The van der Waals surface area contributed by atoms with Crippen molar-refractivity contribution in [2.75, 3.05) is 0 Å². The van der Waals surface area contributed by atoms with Crippen molar-refractivity contribution in [3.8, 4) is 22.3 Å². The molecule has 0 saturated heterocycles. The topological polar surface area (TPSA) is 60.4 Å². The van der Waals surface area contributed by atoms with Crippen LogP contribution in [0.4, 0.5) is 0 Å². The van der Waals surface area contributed by atoms with Crippen molar-refractivity contribution in [1.29, 1.82) is 0 Å². The van der Waals surface area contributed by atoms with E-state index in [2.05, 4.69) is 66.8 Å². The predicted molar refractivity (Wildman–Crippen MR) is 240 cm³/mol. The quantitative estimate of drug-likeness (QED) is 0.168. The molecule has 0 radical (unpaired) electrons. The average Bonchev–Trinajstić information content (AvgIpc) is 3.72. The van der Waals surface area contributed by atoms with Gasteiger partial charge in [-0.2, -0.15) is 0 Å². The van der Waals surface area contributed by atoms with Gasteiger partial charge in [0.15, 0.2) is 10.9 Å². The first-order chi connectivity index (χ1) is 28.0. The average molecular weight is 769 g/mol. The highest BCUT2D eigenvalue weighted by Gasteiger charge is 2.17. The first-order valence-corrected chi connectivity index (χ1v) is 20.5. The second-order valence-electron chi connectivity index (χ2n) is 14.7. The molecule has 1 aliphatic rings. The molecule has 0 atom stereocenters. The molecule has 11 aromatic rings. The summed E-state index contributed by atoms with van der Waals surface area (Å²) in [5.74, 6) is 0.858. The smallest absolute Gasteiger partial charge is 0.195 e. The fourth-order valence-electron chi connectivity index (χ4n) is 8.45. The zero-order valence-corrected chi connectivity index (χ0v) is 31.8. The minimum absolute atomic E-state index is 0.00281. The summed E-state index contributed by atoms with van der Waals surface area (Å²) in [4.78, 5) is 28.5. The third-order valence-corrected chi connectivity index (χ3v) is 13.7. The maximum absolute atomic E-state index is 14.3. The lowest BCUT2D eigenvalue weighted by Gasteiger charge is -2.09. The van der Waals surface area contributed by atoms with Crippen LogP contribution in [-0.4, -0.2) is 0 Å².